The SMILES string of the molecule is Cc1ccc(C(=O)OC[C@@H]2CC(=O)N(C3CC3)C2)s1. The van der Waals surface area contributed by atoms with Crippen LogP contribution in [0.4, 0.5) is 0 Å². The lowest BCUT2D eigenvalue weighted by Crippen LogP contribution is -2.27. The van der Waals surface area contributed by atoms with Gasteiger partial charge in [0, 0.05) is 29.8 Å². The number of carbonyl (C=O) groups is 2. The Balaban J connectivity index is 1.50. The highest BCUT2D eigenvalue weighted by atomic mass is 32.1. The summed E-state index contributed by atoms with van der Waals surface area (Å²) in [4.78, 5) is 27.3. The second-order valence-electron chi connectivity index (χ2n) is 5.36. The van der Waals surface area contributed by atoms with Crippen molar-refractivity contribution in [2.75, 3.05) is 13.2 Å². The van der Waals surface area contributed by atoms with Gasteiger partial charge in [-0.15, -0.1) is 11.3 Å². The molecule has 0 aromatic carbocycles. The maximum atomic E-state index is 11.8. The molecule has 0 N–H and O–H groups in total. The molecule has 1 saturated heterocycles. The minimum atomic E-state index is -0.268. The molecule has 2 fully saturated rings. The summed E-state index contributed by atoms with van der Waals surface area (Å²) >= 11 is 1.44. The third-order valence-corrected chi connectivity index (χ3v) is 4.60. The summed E-state index contributed by atoms with van der Waals surface area (Å²) in [6.45, 7) is 3.07. The van der Waals surface area contributed by atoms with Crippen molar-refractivity contribution in [3.63, 3.8) is 0 Å². The van der Waals surface area contributed by atoms with E-state index in [1.54, 1.807) is 6.07 Å². The normalized spacial score (nSPS) is 22.9. The maximum absolute atomic E-state index is 11.8. The molecule has 1 aromatic rings. The fourth-order valence-electron chi connectivity index (χ4n) is 2.47. The Hall–Kier alpha value is -1.36. The molecule has 4 nitrogen and oxygen atoms in total. The van der Waals surface area contributed by atoms with Crippen LogP contribution in [0.5, 0.6) is 0 Å². The molecule has 2 heterocycles. The van der Waals surface area contributed by atoms with Gasteiger partial charge in [0.1, 0.15) is 4.88 Å². The monoisotopic (exact) mass is 279 g/mol. The van der Waals surface area contributed by atoms with E-state index in [1.165, 1.54) is 11.3 Å². The summed E-state index contributed by atoms with van der Waals surface area (Å²) in [6, 6.07) is 4.17. The Labute approximate surface area is 116 Å². The summed E-state index contributed by atoms with van der Waals surface area (Å²) in [5.41, 5.74) is 0. The van der Waals surface area contributed by atoms with Crippen molar-refractivity contribution in [2.45, 2.75) is 32.2 Å². The van der Waals surface area contributed by atoms with Gasteiger partial charge < -0.3 is 9.64 Å². The molecule has 1 saturated carbocycles. The van der Waals surface area contributed by atoms with Gasteiger partial charge in [-0.05, 0) is 31.9 Å². The van der Waals surface area contributed by atoms with Gasteiger partial charge in [-0.1, -0.05) is 0 Å². The van der Waals surface area contributed by atoms with Gasteiger partial charge in [-0.2, -0.15) is 0 Å². The molecular formula is C14H17NO3S. The van der Waals surface area contributed by atoms with Crippen LogP contribution in [-0.2, 0) is 9.53 Å². The van der Waals surface area contributed by atoms with Crippen molar-refractivity contribution in [3.05, 3.63) is 21.9 Å². The van der Waals surface area contributed by atoms with Gasteiger partial charge in [0.2, 0.25) is 5.91 Å². The lowest BCUT2D eigenvalue weighted by molar-refractivity contribution is -0.128. The first-order valence-corrected chi connectivity index (χ1v) is 7.48. The Kier molecular flexibility index (Phi) is 3.31. The Bertz CT molecular complexity index is 507. The highest BCUT2D eigenvalue weighted by Gasteiger charge is 2.39. The lowest BCUT2D eigenvalue weighted by atomic mass is 10.1. The van der Waals surface area contributed by atoms with E-state index in [0.29, 0.717) is 23.9 Å². The zero-order valence-electron chi connectivity index (χ0n) is 10.9. The molecule has 1 aliphatic heterocycles. The minimum Gasteiger partial charge on any atom is -0.461 e. The number of likely N-dealkylation sites (tertiary alicyclic amines) is 1. The summed E-state index contributed by atoms with van der Waals surface area (Å²) < 4.78 is 5.31. The zero-order chi connectivity index (χ0) is 13.4. The third-order valence-electron chi connectivity index (χ3n) is 3.62. The Morgan fingerprint density at radius 2 is 2.26 bits per heavy atom. The average Bonchev–Trinajstić information content (AvgIpc) is 3.03. The number of aryl methyl sites for hydroxylation is 1. The zero-order valence-corrected chi connectivity index (χ0v) is 11.7. The molecule has 102 valence electrons. The highest BCUT2D eigenvalue weighted by molar-refractivity contribution is 7.13. The van der Waals surface area contributed by atoms with Crippen LogP contribution < -0.4 is 0 Å². The molecular weight excluding hydrogens is 262 g/mol. The number of rotatable bonds is 4. The number of hydrogen-bond donors (Lipinski definition) is 0. The molecule has 1 atom stereocenters. The number of nitrogens with zero attached hydrogens (tertiary/aromatic N) is 1. The summed E-state index contributed by atoms with van der Waals surface area (Å²) in [5.74, 6) is 0.115. The van der Waals surface area contributed by atoms with Crippen LogP contribution in [0.1, 0.15) is 33.8 Å². The van der Waals surface area contributed by atoms with Crippen molar-refractivity contribution in [1.29, 1.82) is 0 Å². The number of carbonyl (C=O) groups excluding carboxylic acids is 2. The van der Waals surface area contributed by atoms with Gasteiger partial charge >= 0.3 is 5.97 Å². The maximum Gasteiger partial charge on any atom is 0.348 e. The van der Waals surface area contributed by atoms with Crippen LogP contribution in [0.25, 0.3) is 0 Å². The standard InChI is InChI=1S/C14H17NO3S/c1-9-2-5-12(19-9)14(17)18-8-10-6-13(16)15(7-10)11-3-4-11/h2,5,10-11H,3-4,6-8H2,1H3/t10-/m1/s1. The molecule has 0 radical (unpaired) electrons. The first-order chi connectivity index (χ1) is 9.13. The van der Waals surface area contributed by atoms with Crippen LogP contribution in [0.15, 0.2) is 12.1 Å². The predicted octanol–water partition coefficient (Wildman–Crippen LogP) is 2.22. The van der Waals surface area contributed by atoms with E-state index in [9.17, 15) is 9.59 Å². The van der Waals surface area contributed by atoms with E-state index < -0.39 is 0 Å². The molecule has 0 spiro atoms. The van der Waals surface area contributed by atoms with Gasteiger partial charge in [-0.3, -0.25) is 4.79 Å². The quantitative estimate of drug-likeness (QED) is 0.794. The average molecular weight is 279 g/mol. The van der Waals surface area contributed by atoms with Crippen LogP contribution in [0, 0.1) is 12.8 Å². The predicted molar refractivity (Wildman–Crippen MR) is 72.2 cm³/mol. The van der Waals surface area contributed by atoms with Gasteiger partial charge in [0.25, 0.3) is 0 Å². The van der Waals surface area contributed by atoms with E-state index >= 15 is 0 Å². The molecule has 1 aromatic heterocycles. The minimum absolute atomic E-state index is 0.165. The third kappa shape index (κ3) is 2.81. The van der Waals surface area contributed by atoms with E-state index in [-0.39, 0.29) is 17.8 Å². The first-order valence-electron chi connectivity index (χ1n) is 6.66. The van der Waals surface area contributed by atoms with E-state index in [1.807, 2.05) is 17.9 Å². The molecule has 1 amide bonds. The molecule has 2 aliphatic rings. The van der Waals surface area contributed by atoms with E-state index in [0.717, 1.165) is 24.3 Å². The first kappa shape index (κ1) is 12.7. The van der Waals surface area contributed by atoms with E-state index in [4.69, 9.17) is 4.74 Å². The molecule has 0 bridgehead atoms. The van der Waals surface area contributed by atoms with Crippen molar-refractivity contribution in [1.82, 2.24) is 4.90 Å². The summed E-state index contributed by atoms with van der Waals surface area (Å²) in [6.07, 6.45) is 2.78. The topological polar surface area (TPSA) is 46.6 Å². The number of hydrogen-bond acceptors (Lipinski definition) is 4. The molecule has 0 unspecified atom stereocenters. The molecule has 5 heteroatoms. The highest BCUT2D eigenvalue weighted by Crippen LogP contribution is 2.32. The number of thiophene rings is 1. The molecule has 1 aliphatic carbocycles. The van der Waals surface area contributed by atoms with Crippen molar-refractivity contribution in [2.24, 2.45) is 5.92 Å². The largest absolute Gasteiger partial charge is 0.461 e. The summed E-state index contributed by atoms with van der Waals surface area (Å²) in [5, 5.41) is 0. The van der Waals surface area contributed by atoms with Crippen molar-refractivity contribution in [3.8, 4) is 0 Å². The molecule has 3 rings (SSSR count). The van der Waals surface area contributed by atoms with Crippen LogP contribution in [-0.4, -0.2) is 36.0 Å². The van der Waals surface area contributed by atoms with Crippen molar-refractivity contribution >= 4 is 23.2 Å². The fourth-order valence-corrected chi connectivity index (χ4v) is 3.23. The molecule has 19 heavy (non-hydrogen) atoms. The van der Waals surface area contributed by atoms with Crippen LogP contribution in [0.3, 0.4) is 0 Å². The van der Waals surface area contributed by atoms with Crippen LogP contribution in [0.2, 0.25) is 0 Å². The lowest BCUT2D eigenvalue weighted by Gasteiger charge is -2.15. The number of esters is 1. The van der Waals surface area contributed by atoms with Crippen molar-refractivity contribution < 1.29 is 14.3 Å². The second-order valence-corrected chi connectivity index (χ2v) is 6.64. The number of ether oxygens (including phenoxy) is 1. The number of amides is 1. The summed E-state index contributed by atoms with van der Waals surface area (Å²) in [7, 11) is 0. The smallest absolute Gasteiger partial charge is 0.348 e. The van der Waals surface area contributed by atoms with E-state index in [2.05, 4.69) is 0 Å². The van der Waals surface area contributed by atoms with Gasteiger partial charge in [-0.25, -0.2) is 4.79 Å². The van der Waals surface area contributed by atoms with Gasteiger partial charge in [0.15, 0.2) is 0 Å². The van der Waals surface area contributed by atoms with Crippen LogP contribution >= 0.6 is 11.3 Å². The van der Waals surface area contributed by atoms with Gasteiger partial charge in [0.05, 0.1) is 6.61 Å². The second kappa shape index (κ2) is 4.96. The fraction of sp³-hybridized carbons (Fsp3) is 0.571. The Morgan fingerprint density at radius 1 is 1.47 bits per heavy atom. The Morgan fingerprint density at radius 3 is 2.89 bits per heavy atom.